The molecule has 1 fully saturated rings. The first-order valence-electron chi connectivity index (χ1n) is 12.1. The van der Waals surface area contributed by atoms with Gasteiger partial charge < -0.3 is 4.90 Å². The summed E-state index contributed by atoms with van der Waals surface area (Å²) in [6.45, 7) is 5.64. The first kappa shape index (κ1) is 22.9. The first-order chi connectivity index (χ1) is 17.2. The maximum absolute atomic E-state index is 14.4. The lowest BCUT2D eigenvalue weighted by atomic mass is 9.63. The Hall–Kier alpha value is -3.57. The van der Waals surface area contributed by atoms with E-state index in [0.29, 0.717) is 21.7 Å². The summed E-state index contributed by atoms with van der Waals surface area (Å²) < 4.78 is 0. The Morgan fingerprint density at radius 2 is 1.69 bits per heavy atom. The van der Waals surface area contributed by atoms with Gasteiger partial charge >= 0.3 is 0 Å². The van der Waals surface area contributed by atoms with Crippen LogP contribution in [-0.2, 0) is 4.79 Å². The topological polar surface area (TPSA) is 67.3 Å². The Labute approximate surface area is 214 Å². The van der Waals surface area contributed by atoms with Crippen LogP contribution in [0.4, 0.5) is 5.69 Å². The molecule has 0 radical (unpaired) electrons. The van der Waals surface area contributed by atoms with Crippen molar-refractivity contribution < 1.29 is 14.4 Å². The van der Waals surface area contributed by atoms with Crippen LogP contribution in [0.1, 0.15) is 58.5 Å². The number of aromatic nitrogens is 1. The Kier molecular flexibility index (Phi) is 4.90. The number of carbonyl (C=O) groups excluding carboxylic acids is 3. The van der Waals surface area contributed by atoms with Crippen LogP contribution in [0, 0.1) is 10.8 Å². The third-order valence-corrected chi connectivity index (χ3v) is 8.05. The second-order valence-corrected chi connectivity index (χ2v) is 11.2. The summed E-state index contributed by atoms with van der Waals surface area (Å²) >= 11 is 6.31. The Bertz CT molecular complexity index is 1440. The van der Waals surface area contributed by atoms with E-state index in [1.807, 2.05) is 56.0 Å². The van der Waals surface area contributed by atoms with E-state index >= 15 is 0 Å². The predicted molar refractivity (Wildman–Crippen MR) is 140 cm³/mol. The van der Waals surface area contributed by atoms with Crippen LogP contribution in [0.15, 0.2) is 73.1 Å². The van der Waals surface area contributed by atoms with Crippen molar-refractivity contribution in [1.82, 2.24) is 4.98 Å². The van der Waals surface area contributed by atoms with Gasteiger partial charge in [-0.15, -0.1) is 0 Å². The van der Waals surface area contributed by atoms with Crippen LogP contribution in [0.5, 0.6) is 0 Å². The third kappa shape index (κ3) is 2.89. The molecule has 1 spiro atoms. The van der Waals surface area contributed by atoms with E-state index in [9.17, 15) is 14.4 Å². The highest BCUT2D eigenvalue weighted by atomic mass is 35.5. The highest BCUT2D eigenvalue weighted by molar-refractivity contribution is 6.32. The molecule has 3 aromatic rings. The van der Waals surface area contributed by atoms with Gasteiger partial charge in [0.1, 0.15) is 5.41 Å². The van der Waals surface area contributed by atoms with Gasteiger partial charge in [0.05, 0.1) is 12.1 Å². The number of ketones is 3. The molecule has 3 aliphatic rings. The molecular formula is C30H25ClN2O3. The lowest BCUT2D eigenvalue weighted by Gasteiger charge is -2.38. The van der Waals surface area contributed by atoms with Crippen molar-refractivity contribution in [3.8, 4) is 0 Å². The Morgan fingerprint density at radius 1 is 1.00 bits per heavy atom. The standard InChI is InChI=1S/C30H25ClN2O3/c1-29(2,3)28(36)25-24(18-7-6-14-32-16-18)30(26(34)20-8-4-5-9-21(20)27(30)35)23-13-10-17-15-19(31)11-12-22(17)33(23)25/h4-16,23-25H,1-3H3/t23-,24-,25+/m0/s1. The predicted octanol–water partition coefficient (Wildman–Crippen LogP) is 5.78. The largest absolute Gasteiger partial charge is 0.352 e. The Morgan fingerprint density at radius 3 is 2.31 bits per heavy atom. The maximum atomic E-state index is 14.4. The van der Waals surface area contributed by atoms with E-state index in [0.717, 1.165) is 11.3 Å². The molecule has 3 heterocycles. The van der Waals surface area contributed by atoms with Crippen LogP contribution < -0.4 is 4.90 Å². The fraction of sp³-hybridized carbons (Fsp3) is 0.267. The number of hydrogen-bond acceptors (Lipinski definition) is 5. The lowest BCUT2D eigenvalue weighted by molar-refractivity contribution is -0.127. The number of carbonyl (C=O) groups is 3. The van der Waals surface area contributed by atoms with Gasteiger partial charge in [0.15, 0.2) is 17.3 Å². The van der Waals surface area contributed by atoms with Crippen LogP contribution in [0.3, 0.4) is 0 Å². The van der Waals surface area contributed by atoms with Gasteiger partial charge in [0.25, 0.3) is 0 Å². The number of hydrogen-bond donors (Lipinski definition) is 0. The van der Waals surface area contributed by atoms with Gasteiger partial charge in [-0.3, -0.25) is 19.4 Å². The number of rotatable bonds is 2. The zero-order valence-corrected chi connectivity index (χ0v) is 21.0. The molecule has 2 aromatic carbocycles. The quantitative estimate of drug-likeness (QED) is 0.420. The van der Waals surface area contributed by atoms with Gasteiger partial charge in [-0.2, -0.15) is 0 Å². The summed E-state index contributed by atoms with van der Waals surface area (Å²) in [6, 6.07) is 14.8. The molecule has 0 unspecified atom stereocenters. The number of halogens is 1. The minimum absolute atomic E-state index is 0.0361. The van der Waals surface area contributed by atoms with Crippen LogP contribution in [0.2, 0.25) is 5.02 Å². The van der Waals surface area contributed by atoms with Crippen molar-refractivity contribution in [3.05, 3.63) is 100 Å². The smallest absolute Gasteiger partial charge is 0.180 e. The Balaban J connectivity index is 1.70. The third-order valence-electron chi connectivity index (χ3n) is 7.82. The van der Waals surface area contributed by atoms with Crippen molar-refractivity contribution in [1.29, 1.82) is 0 Å². The number of benzene rings is 2. The minimum atomic E-state index is -1.49. The number of fused-ring (bicyclic) bond motifs is 5. The van der Waals surface area contributed by atoms with Gasteiger partial charge in [-0.05, 0) is 35.4 Å². The van der Waals surface area contributed by atoms with Gasteiger partial charge in [0.2, 0.25) is 0 Å². The van der Waals surface area contributed by atoms with E-state index in [2.05, 4.69) is 4.98 Å². The fourth-order valence-corrected chi connectivity index (χ4v) is 6.51. The van der Waals surface area contributed by atoms with E-state index in [4.69, 9.17) is 11.6 Å². The van der Waals surface area contributed by atoms with E-state index < -0.39 is 28.8 Å². The van der Waals surface area contributed by atoms with Crippen molar-refractivity contribution >= 4 is 40.7 Å². The van der Waals surface area contributed by atoms with Crippen LogP contribution >= 0.6 is 11.6 Å². The molecule has 3 atom stereocenters. The molecule has 0 bridgehead atoms. The normalized spacial score (nSPS) is 23.6. The molecule has 6 heteroatoms. The molecule has 36 heavy (non-hydrogen) atoms. The van der Waals surface area contributed by atoms with E-state index in [1.54, 1.807) is 48.8 Å². The van der Waals surface area contributed by atoms with Gasteiger partial charge in [0, 0.05) is 45.6 Å². The zero-order valence-electron chi connectivity index (χ0n) is 20.2. The second kappa shape index (κ2) is 7.71. The summed E-state index contributed by atoms with van der Waals surface area (Å²) in [7, 11) is 0. The highest BCUT2D eigenvalue weighted by Crippen LogP contribution is 2.61. The van der Waals surface area contributed by atoms with Crippen molar-refractivity contribution in [2.45, 2.75) is 38.8 Å². The summed E-state index contributed by atoms with van der Waals surface area (Å²) in [5.74, 6) is -1.23. The monoisotopic (exact) mass is 496 g/mol. The fourth-order valence-electron chi connectivity index (χ4n) is 6.32. The summed E-state index contributed by atoms with van der Waals surface area (Å²) in [5.41, 5.74) is 0.956. The minimum Gasteiger partial charge on any atom is -0.352 e. The molecular weight excluding hydrogens is 472 g/mol. The lowest BCUT2D eigenvalue weighted by Crippen LogP contribution is -2.49. The van der Waals surface area contributed by atoms with E-state index in [1.165, 1.54) is 0 Å². The molecule has 6 rings (SSSR count). The highest BCUT2D eigenvalue weighted by Gasteiger charge is 2.72. The van der Waals surface area contributed by atoms with Crippen LogP contribution in [0.25, 0.3) is 6.08 Å². The number of anilines is 1. The summed E-state index contributed by atoms with van der Waals surface area (Å²) in [4.78, 5) is 49.4. The van der Waals surface area contributed by atoms with Gasteiger partial charge in [-0.25, -0.2) is 0 Å². The van der Waals surface area contributed by atoms with Gasteiger partial charge in [-0.1, -0.05) is 74.9 Å². The molecule has 1 saturated heterocycles. The molecule has 1 aliphatic carbocycles. The average Bonchev–Trinajstić information content (AvgIpc) is 3.29. The van der Waals surface area contributed by atoms with Crippen molar-refractivity contribution in [2.24, 2.45) is 10.8 Å². The molecule has 0 N–H and O–H groups in total. The van der Waals surface area contributed by atoms with E-state index in [-0.39, 0.29) is 17.3 Å². The molecule has 5 nitrogen and oxygen atoms in total. The van der Waals surface area contributed by atoms with Crippen molar-refractivity contribution in [3.63, 3.8) is 0 Å². The molecule has 0 saturated carbocycles. The first-order valence-corrected chi connectivity index (χ1v) is 12.4. The van der Waals surface area contributed by atoms with Crippen LogP contribution in [-0.4, -0.2) is 34.4 Å². The number of Topliss-reactive ketones (excluding diaryl/α,β-unsaturated/α-hetero) is 3. The number of nitrogens with zero attached hydrogens (tertiary/aromatic N) is 2. The number of pyridine rings is 1. The molecule has 1 aromatic heterocycles. The molecule has 180 valence electrons. The average molecular weight is 497 g/mol. The van der Waals surface area contributed by atoms with Crippen molar-refractivity contribution in [2.75, 3.05) is 4.90 Å². The maximum Gasteiger partial charge on any atom is 0.180 e. The summed E-state index contributed by atoms with van der Waals surface area (Å²) in [6.07, 6.45) is 7.16. The SMILES string of the molecule is CC(C)(C)C(=O)[C@H]1[C@H](c2cccnc2)C2(C(=O)c3ccccc3C2=O)[C@@H]2C=Cc3cc(Cl)ccc3N21. The zero-order chi connectivity index (χ0) is 25.4. The summed E-state index contributed by atoms with van der Waals surface area (Å²) in [5, 5.41) is 0.577. The molecule has 0 amide bonds. The second-order valence-electron chi connectivity index (χ2n) is 10.8. The molecule has 2 aliphatic heterocycles.